The largest absolute Gasteiger partial charge is 0.381 e. The lowest BCUT2D eigenvalue weighted by atomic mass is 10.1. The van der Waals surface area contributed by atoms with Crippen LogP contribution < -0.4 is 5.73 Å². The highest BCUT2D eigenvalue weighted by Crippen LogP contribution is 2.48. The highest BCUT2D eigenvalue weighted by molar-refractivity contribution is 5.90. The molecule has 1 saturated heterocycles. The molecule has 1 aromatic carbocycles. The predicted molar refractivity (Wildman–Crippen MR) is 94.9 cm³/mol. The number of carbonyl (C=O) groups is 1. The van der Waals surface area contributed by atoms with Gasteiger partial charge in [-0.05, 0) is 31.4 Å². The van der Waals surface area contributed by atoms with Crippen LogP contribution in [0.1, 0.15) is 36.8 Å². The SMILES string of the molecule is NC(=O)C1(c2nc([C@H]3CCOC3)nn2-c2cccc3cccnc23)CC1. The van der Waals surface area contributed by atoms with Crippen LogP contribution in [0.5, 0.6) is 0 Å². The molecule has 132 valence electrons. The number of ether oxygens (including phenoxy) is 1. The normalized spacial score (nSPS) is 21.2. The zero-order valence-electron chi connectivity index (χ0n) is 14.3. The Morgan fingerprint density at radius 2 is 2.12 bits per heavy atom. The van der Waals surface area contributed by atoms with Crippen molar-refractivity contribution < 1.29 is 9.53 Å². The van der Waals surface area contributed by atoms with E-state index in [1.54, 1.807) is 10.9 Å². The molecule has 2 fully saturated rings. The minimum atomic E-state index is -0.721. The van der Waals surface area contributed by atoms with Crippen molar-refractivity contribution in [2.24, 2.45) is 5.73 Å². The second-order valence-electron chi connectivity index (χ2n) is 7.06. The summed E-state index contributed by atoms with van der Waals surface area (Å²) in [6, 6.07) is 9.85. The van der Waals surface area contributed by atoms with Gasteiger partial charge in [0.05, 0.1) is 17.8 Å². The van der Waals surface area contributed by atoms with Crippen molar-refractivity contribution in [2.45, 2.75) is 30.6 Å². The maximum atomic E-state index is 12.2. The first-order chi connectivity index (χ1) is 12.7. The number of rotatable bonds is 4. The minimum absolute atomic E-state index is 0.154. The number of pyridine rings is 1. The summed E-state index contributed by atoms with van der Waals surface area (Å²) in [5, 5.41) is 5.79. The second kappa shape index (κ2) is 5.60. The monoisotopic (exact) mass is 349 g/mol. The van der Waals surface area contributed by atoms with Gasteiger partial charge in [0.2, 0.25) is 5.91 Å². The molecule has 1 saturated carbocycles. The van der Waals surface area contributed by atoms with E-state index in [-0.39, 0.29) is 11.8 Å². The van der Waals surface area contributed by atoms with Gasteiger partial charge in [0.25, 0.3) is 0 Å². The van der Waals surface area contributed by atoms with E-state index >= 15 is 0 Å². The van der Waals surface area contributed by atoms with Crippen LogP contribution in [-0.4, -0.2) is 38.9 Å². The topological polar surface area (TPSA) is 95.9 Å². The number of primary amides is 1. The van der Waals surface area contributed by atoms with Crippen molar-refractivity contribution >= 4 is 16.8 Å². The fourth-order valence-corrected chi connectivity index (χ4v) is 3.68. The highest BCUT2D eigenvalue weighted by Gasteiger charge is 2.54. The summed E-state index contributed by atoms with van der Waals surface area (Å²) >= 11 is 0. The van der Waals surface area contributed by atoms with Crippen LogP contribution in [0.2, 0.25) is 0 Å². The third-order valence-corrected chi connectivity index (χ3v) is 5.41. The first kappa shape index (κ1) is 15.5. The Kier molecular flexibility index (Phi) is 3.33. The van der Waals surface area contributed by atoms with Crippen molar-refractivity contribution in [3.05, 3.63) is 48.2 Å². The summed E-state index contributed by atoms with van der Waals surface area (Å²) in [4.78, 5) is 21.5. The van der Waals surface area contributed by atoms with Gasteiger partial charge in [-0.25, -0.2) is 9.67 Å². The minimum Gasteiger partial charge on any atom is -0.381 e. The lowest BCUT2D eigenvalue weighted by molar-refractivity contribution is -0.120. The molecule has 1 aliphatic heterocycles. The number of nitrogens with two attached hydrogens (primary N) is 1. The van der Waals surface area contributed by atoms with Crippen molar-refractivity contribution in [3.63, 3.8) is 0 Å². The summed E-state index contributed by atoms with van der Waals surface area (Å²) in [6.45, 7) is 1.33. The molecule has 1 aliphatic carbocycles. The number of para-hydroxylation sites is 1. The summed E-state index contributed by atoms with van der Waals surface area (Å²) in [7, 11) is 0. The molecule has 2 aliphatic rings. The average Bonchev–Trinajstić information content (AvgIpc) is 3.09. The van der Waals surface area contributed by atoms with Crippen LogP contribution >= 0.6 is 0 Å². The molecule has 7 heteroatoms. The standard InChI is InChI=1S/C19H19N5O2/c20-17(25)19(7-8-19)18-22-16(13-6-10-26-11-13)23-24(18)14-5-1-3-12-4-2-9-21-15(12)14/h1-5,9,13H,6-8,10-11H2,(H2,20,25)/t13-/m0/s1. The molecule has 0 radical (unpaired) electrons. The van der Waals surface area contributed by atoms with Crippen LogP contribution in [0.4, 0.5) is 0 Å². The van der Waals surface area contributed by atoms with Crippen LogP contribution in [0.25, 0.3) is 16.6 Å². The van der Waals surface area contributed by atoms with E-state index in [9.17, 15) is 4.79 Å². The smallest absolute Gasteiger partial charge is 0.231 e. The average molecular weight is 349 g/mol. The maximum Gasteiger partial charge on any atom is 0.231 e. The Balaban J connectivity index is 1.73. The van der Waals surface area contributed by atoms with Gasteiger partial charge in [-0.1, -0.05) is 18.2 Å². The molecule has 1 amide bonds. The molecule has 2 aromatic heterocycles. The lowest BCUT2D eigenvalue weighted by Crippen LogP contribution is -2.31. The van der Waals surface area contributed by atoms with Gasteiger partial charge in [-0.3, -0.25) is 9.78 Å². The summed E-state index contributed by atoms with van der Waals surface area (Å²) in [6.07, 6.45) is 4.07. The number of hydrogen-bond donors (Lipinski definition) is 1. The Bertz CT molecular complexity index is 997. The first-order valence-electron chi connectivity index (χ1n) is 8.88. The van der Waals surface area contributed by atoms with Crippen LogP contribution in [0.15, 0.2) is 36.5 Å². The van der Waals surface area contributed by atoms with Gasteiger partial charge in [0.15, 0.2) is 5.82 Å². The zero-order chi connectivity index (χ0) is 17.7. The number of fused-ring (bicyclic) bond motifs is 1. The maximum absolute atomic E-state index is 12.2. The molecule has 5 rings (SSSR count). The quantitative estimate of drug-likeness (QED) is 0.775. The number of benzene rings is 1. The number of aromatic nitrogens is 4. The molecule has 3 heterocycles. The highest BCUT2D eigenvalue weighted by atomic mass is 16.5. The van der Waals surface area contributed by atoms with Gasteiger partial charge >= 0.3 is 0 Å². The predicted octanol–water partition coefficient (Wildman–Crippen LogP) is 1.84. The number of amides is 1. The molecule has 0 bridgehead atoms. The molecule has 1 atom stereocenters. The van der Waals surface area contributed by atoms with E-state index in [4.69, 9.17) is 20.6 Å². The molecule has 2 N–H and O–H groups in total. The Morgan fingerprint density at radius 3 is 2.85 bits per heavy atom. The van der Waals surface area contributed by atoms with Crippen molar-refractivity contribution in [1.29, 1.82) is 0 Å². The third kappa shape index (κ3) is 2.24. The second-order valence-corrected chi connectivity index (χ2v) is 7.06. The molecular weight excluding hydrogens is 330 g/mol. The molecule has 3 aromatic rings. The Labute approximate surface area is 150 Å². The van der Waals surface area contributed by atoms with E-state index in [1.165, 1.54) is 0 Å². The van der Waals surface area contributed by atoms with Crippen LogP contribution in [0, 0.1) is 0 Å². The Hall–Kier alpha value is -2.80. The summed E-state index contributed by atoms with van der Waals surface area (Å²) in [5.74, 6) is 1.16. The van der Waals surface area contributed by atoms with Crippen LogP contribution in [-0.2, 0) is 14.9 Å². The van der Waals surface area contributed by atoms with E-state index in [1.807, 2.05) is 30.3 Å². The van der Waals surface area contributed by atoms with Crippen LogP contribution in [0.3, 0.4) is 0 Å². The van der Waals surface area contributed by atoms with Crippen molar-refractivity contribution in [3.8, 4) is 5.69 Å². The van der Waals surface area contributed by atoms with Crippen molar-refractivity contribution in [2.75, 3.05) is 13.2 Å². The molecular formula is C19H19N5O2. The van der Waals surface area contributed by atoms with Gasteiger partial charge in [0, 0.05) is 24.1 Å². The molecule has 0 unspecified atom stereocenters. The van der Waals surface area contributed by atoms with Gasteiger partial charge in [-0.15, -0.1) is 0 Å². The third-order valence-electron chi connectivity index (χ3n) is 5.41. The van der Waals surface area contributed by atoms with E-state index in [0.29, 0.717) is 31.9 Å². The summed E-state index contributed by atoms with van der Waals surface area (Å²) in [5.41, 5.74) is 6.66. The number of hydrogen-bond acceptors (Lipinski definition) is 5. The number of nitrogens with zero attached hydrogens (tertiary/aromatic N) is 4. The summed E-state index contributed by atoms with van der Waals surface area (Å²) < 4.78 is 7.27. The van der Waals surface area contributed by atoms with E-state index in [0.717, 1.165) is 28.8 Å². The first-order valence-corrected chi connectivity index (χ1v) is 8.88. The fraction of sp³-hybridized carbons (Fsp3) is 0.368. The van der Waals surface area contributed by atoms with Gasteiger partial charge in [-0.2, -0.15) is 5.10 Å². The number of carbonyl (C=O) groups excluding carboxylic acids is 1. The molecule has 0 spiro atoms. The molecule has 26 heavy (non-hydrogen) atoms. The van der Waals surface area contributed by atoms with E-state index < -0.39 is 5.41 Å². The van der Waals surface area contributed by atoms with E-state index in [2.05, 4.69) is 4.98 Å². The fourth-order valence-electron chi connectivity index (χ4n) is 3.68. The van der Waals surface area contributed by atoms with Gasteiger partial charge < -0.3 is 10.5 Å². The van der Waals surface area contributed by atoms with Crippen molar-refractivity contribution in [1.82, 2.24) is 19.7 Å². The van der Waals surface area contributed by atoms with Gasteiger partial charge in [0.1, 0.15) is 11.2 Å². The zero-order valence-corrected chi connectivity index (χ0v) is 14.3. The molecule has 7 nitrogen and oxygen atoms in total. The Morgan fingerprint density at radius 1 is 1.27 bits per heavy atom. The lowest BCUT2D eigenvalue weighted by Gasteiger charge is -2.13.